The second kappa shape index (κ2) is 6.80. The van der Waals surface area contributed by atoms with Crippen LogP contribution in [-0.4, -0.2) is 43.8 Å². The molecule has 1 aliphatic rings. The topological polar surface area (TPSA) is 41.6 Å². The van der Waals surface area contributed by atoms with Crippen LogP contribution in [0.2, 0.25) is 0 Å². The molecule has 0 aromatic heterocycles. The highest BCUT2D eigenvalue weighted by atomic mass is 16.5. The van der Waals surface area contributed by atoms with E-state index in [1.54, 1.807) is 0 Å². The zero-order valence-corrected chi connectivity index (χ0v) is 9.79. The second-order valence-electron chi connectivity index (χ2n) is 4.01. The summed E-state index contributed by atoms with van der Waals surface area (Å²) in [6, 6.07) is -0.0240. The summed E-state index contributed by atoms with van der Waals surface area (Å²) in [7, 11) is 1.46. The van der Waals surface area contributed by atoms with Crippen molar-refractivity contribution in [1.82, 2.24) is 10.2 Å². The molecule has 0 saturated carbocycles. The lowest BCUT2D eigenvalue weighted by molar-refractivity contribution is -0.145. The van der Waals surface area contributed by atoms with Gasteiger partial charge in [0.2, 0.25) is 0 Å². The number of hydrogen-bond donors (Lipinski definition) is 1. The molecule has 1 aliphatic heterocycles. The zero-order valence-electron chi connectivity index (χ0n) is 9.79. The van der Waals surface area contributed by atoms with Gasteiger partial charge in [0.15, 0.2) is 0 Å². The van der Waals surface area contributed by atoms with Crippen LogP contribution in [0.5, 0.6) is 0 Å². The number of carbonyl (C=O) groups excluding carboxylic acids is 1. The molecule has 1 N–H and O–H groups in total. The molecule has 1 fully saturated rings. The molecule has 0 aromatic carbocycles. The fourth-order valence-corrected chi connectivity index (χ4v) is 1.94. The van der Waals surface area contributed by atoms with E-state index in [1.807, 2.05) is 0 Å². The minimum Gasteiger partial charge on any atom is -0.468 e. The van der Waals surface area contributed by atoms with Crippen molar-refractivity contribution in [2.45, 2.75) is 38.6 Å². The maximum absolute atomic E-state index is 11.4. The van der Waals surface area contributed by atoms with Gasteiger partial charge in [0, 0.05) is 13.2 Å². The number of hydrogen-bond acceptors (Lipinski definition) is 4. The minimum atomic E-state index is -0.0928. The standard InChI is InChI=1S/C11H22N2O2/c1-3-4-7-12-9-13-8-5-6-10(13)11(14)15-2/h10,12H,3-9H2,1-2H3/t10-/m1/s1. The highest BCUT2D eigenvalue weighted by Gasteiger charge is 2.30. The molecular formula is C11H22N2O2. The van der Waals surface area contributed by atoms with Crippen molar-refractivity contribution in [1.29, 1.82) is 0 Å². The van der Waals surface area contributed by atoms with Gasteiger partial charge < -0.3 is 10.1 Å². The number of likely N-dealkylation sites (tertiary alicyclic amines) is 1. The highest BCUT2D eigenvalue weighted by Crippen LogP contribution is 2.16. The molecule has 1 saturated heterocycles. The average Bonchev–Trinajstić information content (AvgIpc) is 2.71. The van der Waals surface area contributed by atoms with Gasteiger partial charge in [-0.3, -0.25) is 9.69 Å². The van der Waals surface area contributed by atoms with E-state index in [1.165, 1.54) is 20.0 Å². The number of rotatable bonds is 6. The Labute approximate surface area is 92.0 Å². The number of nitrogens with zero attached hydrogens (tertiary/aromatic N) is 1. The number of esters is 1. The van der Waals surface area contributed by atoms with E-state index < -0.39 is 0 Å². The monoisotopic (exact) mass is 214 g/mol. The Balaban J connectivity index is 2.24. The van der Waals surface area contributed by atoms with Crippen LogP contribution in [0.1, 0.15) is 32.6 Å². The molecular weight excluding hydrogens is 192 g/mol. The van der Waals surface area contributed by atoms with Crippen LogP contribution < -0.4 is 5.32 Å². The predicted octanol–water partition coefficient (Wildman–Crippen LogP) is 0.971. The Hall–Kier alpha value is -0.610. The molecule has 0 radical (unpaired) electrons. The van der Waals surface area contributed by atoms with Gasteiger partial charge in [0.05, 0.1) is 7.11 Å². The van der Waals surface area contributed by atoms with E-state index in [2.05, 4.69) is 17.1 Å². The third-order valence-corrected chi connectivity index (χ3v) is 2.86. The molecule has 1 heterocycles. The Kier molecular flexibility index (Phi) is 5.65. The van der Waals surface area contributed by atoms with E-state index in [-0.39, 0.29) is 12.0 Å². The highest BCUT2D eigenvalue weighted by molar-refractivity contribution is 5.75. The van der Waals surface area contributed by atoms with Crippen molar-refractivity contribution >= 4 is 5.97 Å². The van der Waals surface area contributed by atoms with Gasteiger partial charge >= 0.3 is 5.97 Å². The van der Waals surface area contributed by atoms with E-state index >= 15 is 0 Å². The SMILES string of the molecule is CCCCNCN1CCC[C@@H]1C(=O)OC. The van der Waals surface area contributed by atoms with Gasteiger partial charge in [0.25, 0.3) is 0 Å². The second-order valence-corrected chi connectivity index (χ2v) is 4.01. The molecule has 0 spiro atoms. The van der Waals surface area contributed by atoms with Crippen LogP contribution in [0, 0.1) is 0 Å². The number of ether oxygens (including phenoxy) is 1. The summed E-state index contributed by atoms with van der Waals surface area (Å²) >= 11 is 0. The predicted molar refractivity (Wildman–Crippen MR) is 59.5 cm³/mol. The van der Waals surface area contributed by atoms with E-state index in [0.29, 0.717) is 0 Å². The Morgan fingerprint density at radius 1 is 1.60 bits per heavy atom. The van der Waals surface area contributed by atoms with Crippen LogP contribution in [0.3, 0.4) is 0 Å². The molecule has 88 valence electrons. The van der Waals surface area contributed by atoms with Gasteiger partial charge in [-0.2, -0.15) is 0 Å². The Bertz CT molecular complexity index is 197. The van der Waals surface area contributed by atoms with Crippen molar-refractivity contribution in [3.63, 3.8) is 0 Å². The summed E-state index contributed by atoms with van der Waals surface area (Å²) in [6.45, 7) is 5.01. The van der Waals surface area contributed by atoms with Crippen molar-refractivity contribution in [3.05, 3.63) is 0 Å². The Morgan fingerprint density at radius 3 is 3.07 bits per heavy atom. The lowest BCUT2D eigenvalue weighted by atomic mass is 10.2. The summed E-state index contributed by atoms with van der Waals surface area (Å²) in [4.78, 5) is 13.6. The molecule has 1 rings (SSSR count). The first-order valence-electron chi connectivity index (χ1n) is 5.82. The van der Waals surface area contributed by atoms with Gasteiger partial charge in [-0.25, -0.2) is 0 Å². The fraction of sp³-hybridized carbons (Fsp3) is 0.909. The molecule has 15 heavy (non-hydrogen) atoms. The van der Waals surface area contributed by atoms with Crippen LogP contribution in [0.15, 0.2) is 0 Å². The zero-order chi connectivity index (χ0) is 11.1. The quantitative estimate of drug-likeness (QED) is 0.528. The van der Waals surface area contributed by atoms with Gasteiger partial charge in [0.1, 0.15) is 6.04 Å². The largest absolute Gasteiger partial charge is 0.468 e. The molecule has 4 heteroatoms. The van der Waals surface area contributed by atoms with Crippen LogP contribution in [0.25, 0.3) is 0 Å². The van der Waals surface area contributed by atoms with Gasteiger partial charge in [-0.05, 0) is 25.8 Å². The van der Waals surface area contributed by atoms with E-state index in [9.17, 15) is 4.79 Å². The smallest absolute Gasteiger partial charge is 0.323 e. The van der Waals surface area contributed by atoms with Crippen LogP contribution >= 0.6 is 0 Å². The molecule has 0 bridgehead atoms. The third-order valence-electron chi connectivity index (χ3n) is 2.86. The first-order chi connectivity index (χ1) is 7.29. The third kappa shape index (κ3) is 3.80. The maximum Gasteiger partial charge on any atom is 0.323 e. The van der Waals surface area contributed by atoms with Gasteiger partial charge in [-0.1, -0.05) is 13.3 Å². The molecule has 0 aliphatic carbocycles. The molecule has 0 unspecified atom stereocenters. The number of methoxy groups -OCH3 is 1. The first kappa shape index (κ1) is 12.5. The van der Waals surface area contributed by atoms with Crippen LogP contribution in [-0.2, 0) is 9.53 Å². The maximum atomic E-state index is 11.4. The summed E-state index contributed by atoms with van der Waals surface area (Å²) in [5, 5.41) is 3.36. The van der Waals surface area contributed by atoms with E-state index in [0.717, 1.165) is 32.6 Å². The fourth-order valence-electron chi connectivity index (χ4n) is 1.94. The van der Waals surface area contributed by atoms with Crippen molar-refractivity contribution in [2.24, 2.45) is 0 Å². The van der Waals surface area contributed by atoms with Crippen molar-refractivity contribution < 1.29 is 9.53 Å². The van der Waals surface area contributed by atoms with E-state index in [4.69, 9.17) is 4.74 Å². The number of carbonyl (C=O) groups is 1. The van der Waals surface area contributed by atoms with Crippen LogP contribution in [0.4, 0.5) is 0 Å². The molecule has 4 nitrogen and oxygen atoms in total. The molecule has 0 aromatic rings. The van der Waals surface area contributed by atoms with Gasteiger partial charge in [-0.15, -0.1) is 0 Å². The first-order valence-corrected chi connectivity index (χ1v) is 5.82. The normalized spacial score (nSPS) is 21.9. The summed E-state index contributed by atoms with van der Waals surface area (Å²) in [5.41, 5.74) is 0. The minimum absolute atomic E-state index is 0.0240. The lowest BCUT2D eigenvalue weighted by Gasteiger charge is -2.22. The Morgan fingerprint density at radius 2 is 2.40 bits per heavy atom. The average molecular weight is 214 g/mol. The van der Waals surface area contributed by atoms with Crippen molar-refractivity contribution in [2.75, 3.05) is 26.9 Å². The summed E-state index contributed by atoms with van der Waals surface area (Å²) in [5.74, 6) is -0.0928. The summed E-state index contributed by atoms with van der Waals surface area (Å²) < 4.78 is 4.78. The lowest BCUT2D eigenvalue weighted by Crippen LogP contribution is -2.42. The van der Waals surface area contributed by atoms with Crippen molar-refractivity contribution in [3.8, 4) is 0 Å². The number of unbranched alkanes of at least 4 members (excludes halogenated alkanes) is 1. The molecule has 1 atom stereocenters. The summed E-state index contributed by atoms with van der Waals surface area (Å²) in [6.07, 6.45) is 4.42. The molecule has 0 amide bonds. The number of nitrogens with one attached hydrogen (secondary N) is 1.